The zero-order valence-corrected chi connectivity index (χ0v) is 14.3. The highest BCUT2D eigenvalue weighted by molar-refractivity contribution is 9.10. The van der Waals surface area contributed by atoms with Crippen LogP contribution in [0.3, 0.4) is 0 Å². The number of benzene rings is 2. The Morgan fingerprint density at radius 3 is 2.76 bits per heavy atom. The molecule has 0 amide bonds. The lowest BCUT2D eigenvalue weighted by Crippen LogP contribution is -2.38. The van der Waals surface area contributed by atoms with Crippen LogP contribution in [-0.4, -0.2) is 11.8 Å². The minimum atomic E-state index is -0.288. The minimum absolute atomic E-state index is 0.00130. The second-order valence-corrected chi connectivity index (χ2v) is 6.87. The van der Waals surface area contributed by atoms with Crippen LogP contribution in [0.25, 0.3) is 0 Å². The Kier molecular flexibility index (Phi) is 6.51. The number of nitrogens with two attached hydrogens (primary N) is 1. The van der Waals surface area contributed by atoms with Gasteiger partial charge in [-0.25, -0.2) is 4.39 Å². The SMILES string of the molecule is NNC(CSc1ccccc1Br)Cc1cc(F)ccc1Cl. The largest absolute Gasteiger partial charge is 0.271 e. The van der Waals surface area contributed by atoms with Crippen LogP contribution in [0.2, 0.25) is 5.02 Å². The fourth-order valence-corrected chi connectivity index (χ4v) is 3.68. The zero-order chi connectivity index (χ0) is 15.2. The van der Waals surface area contributed by atoms with Gasteiger partial charge in [-0.3, -0.25) is 11.3 Å². The summed E-state index contributed by atoms with van der Waals surface area (Å²) in [4.78, 5) is 1.14. The summed E-state index contributed by atoms with van der Waals surface area (Å²) in [7, 11) is 0. The molecule has 21 heavy (non-hydrogen) atoms. The van der Waals surface area contributed by atoms with Gasteiger partial charge in [-0.05, 0) is 58.2 Å². The summed E-state index contributed by atoms with van der Waals surface area (Å²) in [5.41, 5.74) is 3.53. The summed E-state index contributed by atoms with van der Waals surface area (Å²) in [6.07, 6.45) is 0.574. The number of hydrazine groups is 1. The quantitative estimate of drug-likeness (QED) is 0.437. The van der Waals surface area contributed by atoms with Crippen LogP contribution in [0.5, 0.6) is 0 Å². The highest BCUT2D eigenvalue weighted by Gasteiger charge is 2.12. The molecule has 3 N–H and O–H groups in total. The van der Waals surface area contributed by atoms with Crippen LogP contribution >= 0.6 is 39.3 Å². The van der Waals surface area contributed by atoms with Gasteiger partial charge in [0.1, 0.15) is 5.82 Å². The van der Waals surface area contributed by atoms with E-state index in [1.165, 1.54) is 12.1 Å². The summed E-state index contributed by atoms with van der Waals surface area (Å²) in [6.45, 7) is 0. The normalized spacial score (nSPS) is 12.4. The van der Waals surface area contributed by atoms with E-state index in [2.05, 4.69) is 21.4 Å². The molecule has 0 aliphatic heterocycles. The van der Waals surface area contributed by atoms with Crippen LogP contribution in [0.15, 0.2) is 51.8 Å². The topological polar surface area (TPSA) is 38.0 Å². The molecule has 0 aliphatic rings. The van der Waals surface area contributed by atoms with E-state index >= 15 is 0 Å². The fourth-order valence-electron chi connectivity index (χ4n) is 1.88. The van der Waals surface area contributed by atoms with Gasteiger partial charge in [0.2, 0.25) is 0 Å². The van der Waals surface area contributed by atoms with Crippen molar-refractivity contribution in [3.8, 4) is 0 Å². The molecule has 0 spiro atoms. The number of thioether (sulfide) groups is 1. The highest BCUT2D eigenvalue weighted by atomic mass is 79.9. The van der Waals surface area contributed by atoms with Crippen LogP contribution in [0.1, 0.15) is 5.56 Å². The van der Waals surface area contributed by atoms with E-state index in [1.54, 1.807) is 17.8 Å². The lowest BCUT2D eigenvalue weighted by molar-refractivity contribution is 0.570. The van der Waals surface area contributed by atoms with Crippen LogP contribution in [-0.2, 0) is 6.42 Å². The molecule has 0 aromatic heterocycles. The second kappa shape index (κ2) is 8.15. The lowest BCUT2D eigenvalue weighted by atomic mass is 10.1. The smallest absolute Gasteiger partial charge is 0.123 e. The van der Waals surface area contributed by atoms with Gasteiger partial charge in [-0.15, -0.1) is 11.8 Å². The van der Waals surface area contributed by atoms with Crippen LogP contribution in [0, 0.1) is 5.82 Å². The summed E-state index contributed by atoms with van der Waals surface area (Å²) in [5.74, 6) is 6.07. The van der Waals surface area contributed by atoms with Gasteiger partial charge in [0, 0.05) is 26.2 Å². The standard InChI is InChI=1S/C15H15BrClFN2S/c16-13-3-1-2-4-15(13)21-9-12(20-19)8-10-7-11(18)5-6-14(10)17/h1-7,12,20H,8-9,19H2. The molecule has 6 heteroatoms. The molecule has 0 radical (unpaired) electrons. The van der Waals surface area contributed by atoms with Crippen molar-refractivity contribution >= 4 is 39.3 Å². The maximum Gasteiger partial charge on any atom is 0.123 e. The zero-order valence-electron chi connectivity index (χ0n) is 11.2. The molecule has 0 heterocycles. The number of hydrogen-bond donors (Lipinski definition) is 2. The molecule has 0 bridgehead atoms. The predicted octanol–water partition coefficient (Wildman–Crippen LogP) is 4.41. The molecule has 0 saturated heterocycles. The van der Waals surface area contributed by atoms with Crippen molar-refractivity contribution in [3.05, 3.63) is 63.3 Å². The average molecular weight is 390 g/mol. The lowest BCUT2D eigenvalue weighted by Gasteiger charge is -2.17. The van der Waals surface area contributed by atoms with E-state index in [1.807, 2.05) is 24.3 Å². The van der Waals surface area contributed by atoms with Gasteiger partial charge in [0.15, 0.2) is 0 Å². The van der Waals surface area contributed by atoms with E-state index in [0.717, 1.165) is 20.7 Å². The first-order valence-electron chi connectivity index (χ1n) is 6.37. The molecule has 0 fully saturated rings. The third-order valence-corrected chi connectivity index (χ3v) is 5.55. The molecular weight excluding hydrogens is 375 g/mol. The van der Waals surface area contributed by atoms with Crippen LogP contribution in [0.4, 0.5) is 4.39 Å². The molecule has 2 nitrogen and oxygen atoms in total. The summed E-state index contributed by atoms with van der Waals surface area (Å²) in [6, 6.07) is 12.4. The van der Waals surface area contributed by atoms with Crippen LogP contribution < -0.4 is 11.3 Å². The van der Waals surface area contributed by atoms with E-state index in [0.29, 0.717) is 11.4 Å². The molecule has 1 atom stereocenters. The number of rotatable bonds is 6. The van der Waals surface area contributed by atoms with E-state index in [9.17, 15) is 4.39 Å². The van der Waals surface area contributed by atoms with Gasteiger partial charge >= 0.3 is 0 Å². The monoisotopic (exact) mass is 388 g/mol. The van der Waals surface area contributed by atoms with Gasteiger partial charge in [-0.2, -0.15) is 0 Å². The molecule has 2 rings (SSSR count). The number of halogens is 3. The van der Waals surface area contributed by atoms with Crippen molar-refractivity contribution in [2.45, 2.75) is 17.4 Å². The van der Waals surface area contributed by atoms with E-state index in [4.69, 9.17) is 17.4 Å². The highest BCUT2D eigenvalue weighted by Crippen LogP contribution is 2.28. The maximum atomic E-state index is 13.3. The van der Waals surface area contributed by atoms with E-state index in [-0.39, 0.29) is 11.9 Å². The van der Waals surface area contributed by atoms with Gasteiger partial charge < -0.3 is 0 Å². The third kappa shape index (κ3) is 4.97. The summed E-state index contributed by atoms with van der Waals surface area (Å²) >= 11 is 11.3. The Morgan fingerprint density at radius 2 is 2.05 bits per heavy atom. The van der Waals surface area contributed by atoms with Crippen molar-refractivity contribution < 1.29 is 4.39 Å². The number of hydrogen-bond acceptors (Lipinski definition) is 3. The maximum absolute atomic E-state index is 13.3. The molecule has 0 aliphatic carbocycles. The average Bonchev–Trinajstić information content (AvgIpc) is 2.48. The first-order valence-corrected chi connectivity index (χ1v) is 8.53. The van der Waals surface area contributed by atoms with Gasteiger partial charge in [-0.1, -0.05) is 23.7 Å². The Labute approximate surface area is 141 Å². The summed E-state index contributed by atoms with van der Waals surface area (Å²) < 4.78 is 14.3. The first kappa shape index (κ1) is 16.8. The predicted molar refractivity (Wildman–Crippen MR) is 91.1 cm³/mol. The Hall–Kier alpha value is -0.590. The molecule has 112 valence electrons. The third-order valence-electron chi connectivity index (χ3n) is 2.99. The fraction of sp³-hybridized carbons (Fsp3) is 0.200. The molecule has 2 aromatic carbocycles. The van der Waals surface area contributed by atoms with E-state index < -0.39 is 0 Å². The van der Waals surface area contributed by atoms with Gasteiger partial charge in [0.25, 0.3) is 0 Å². The minimum Gasteiger partial charge on any atom is -0.271 e. The first-order chi connectivity index (χ1) is 10.1. The second-order valence-electron chi connectivity index (χ2n) is 4.54. The molecular formula is C15H15BrClFN2S. The van der Waals surface area contributed by atoms with Crippen molar-refractivity contribution in [2.24, 2.45) is 5.84 Å². The van der Waals surface area contributed by atoms with Crippen molar-refractivity contribution in [1.82, 2.24) is 5.43 Å². The Balaban J connectivity index is 2.00. The number of nitrogens with one attached hydrogen (secondary N) is 1. The van der Waals surface area contributed by atoms with Crippen molar-refractivity contribution in [3.63, 3.8) is 0 Å². The molecule has 0 saturated carbocycles. The van der Waals surface area contributed by atoms with Gasteiger partial charge in [0.05, 0.1) is 0 Å². The Bertz CT molecular complexity index is 612. The molecule has 1 unspecified atom stereocenters. The van der Waals surface area contributed by atoms with Crippen molar-refractivity contribution in [1.29, 1.82) is 0 Å². The Morgan fingerprint density at radius 1 is 1.29 bits per heavy atom. The summed E-state index contributed by atoms with van der Waals surface area (Å²) in [5, 5.41) is 0.558. The molecule has 2 aromatic rings. The van der Waals surface area contributed by atoms with Crippen molar-refractivity contribution in [2.75, 3.05) is 5.75 Å².